The van der Waals surface area contributed by atoms with E-state index in [4.69, 9.17) is 13.9 Å². The monoisotopic (exact) mass is 357 g/mol. The van der Waals surface area contributed by atoms with Gasteiger partial charge in [0.15, 0.2) is 11.9 Å². The fraction of sp³-hybridized carbons (Fsp3) is 0.316. The van der Waals surface area contributed by atoms with E-state index in [0.717, 1.165) is 0 Å². The molecule has 0 radical (unpaired) electrons. The Morgan fingerprint density at radius 3 is 2.69 bits per heavy atom. The maximum atomic E-state index is 12.7. The number of carbonyl (C=O) groups excluding carboxylic acids is 3. The first-order valence-corrected chi connectivity index (χ1v) is 8.41. The molecule has 1 amide bonds. The maximum Gasteiger partial charge on any atom is 0.326 e. The molecule has 1 aromatic heterocycles. The van der Waals surface area contributed by atoms with E-state index in [1.165, 1.54) is 17.2 Å². The number of furan rings is 1. The van der Waals surface area contributed by atoms with Crippen molar-refractivity contribution in [2.75, 3.05) is 18.1 Å². The molecule has 1 aliphatic heterocycles. The Morgan fingerprint density at radius 2 is 2.04 bits per heavy atom. The van der Waals surface area contributed by atoms with Crippen LogP contribution in [0.2, 0.25) is 0 Å². The van der Waals surface area contributed by atoms with Crippen molar-refractivity contribution in [2.24, 2.45) is 0 Å². The molecule has 26 heavy (non-hydrogen) atoms. The summed E-state index contributed by atoms with van der Waals surface area (Å²) in [6, 6.07) is 7.95. The lowest BCUT2D eigenvalue weighted by Gasteiger charge is -2.33. The Hall–Kier alpha value is -3.09. The molecule has 1 atom stereocenters. The number of carbonyl (C=O) groups is 3. The van der Waals surface area contributed by atoms with E-state index < -0.39 is 12.1 Å². The highest BCUT2D eigenvalue weighted by atomic mass is 16.5. The lowest BCUT2D eigenvalue weighted by Crippen LogP contribution is -2.48. The van der Waals surface area contributed by atoms with Gasteiger partial charge in [-0.3, -0.25) is 19.3 Å². The minimum absolute atomic E-state index is 0.191. The Bertz CT molecular complexity index is 827. The first-order chi connectivity index (χ1) is 12.5. The van der Waals surface area contributed by atoms with E-state index in [-0.39, 0.29) is 30.6 Å². The molecule has 0 fully saturated rings. The first-order valence-electron chi connectivity index (χ1n) is 8.41. The van der Waals surface area contributed by atoms with Crippen LogP contribution >= 0.6 is 0 Å². The Balaban J connectivity index is 1.98. The number of hydrogen-bond donors (Lipinski definition) is 0. The molecule has 2 aromatic rings. The third-order valence-corrected chi connectivity index (χ3v) is 4.03. The summed E-state index contributed by atoms with van der Waals surface area (Å²) in [6.07, 6.45) is 1.20. The molecule has 3 rings (SSSR count). The van der Waals surface area contributed by atoms with Crippen LogP contribution < -0.4 is 9.64 Å². The zero-order valence-corrected chi connectivity index (χ0v) is 14.6. The highest BCUT2D eigenvalue weighted by Crippen LogP contribution is 2.36. The molecule has 0 aliphatic carbocycles. The number of anilines is 1. The van der Waals surface area contributed by atoms with Crippen LogP contribution in [0.25, 0.3) is 0 Å². The number of hydrogen-bond acceptors (Lipinski definition) is 6. The average molecular weight is 357 g/mol. The van der Waals surface area contributed by atoms with Crippen LogP contribution in [0.3, 0.4) is 0 Å². The van der Waals surface area contributed by atoms with Crippen LogP contribution in [0.1, 0.15) is 36.4 Å². The molecule has 136 valence electrons. The number of ketones is 1. The number of ether oxygens (including phenoxy) is 2. The summed E-state index contributed by atoms with van der Waals surface area (Å²) >= 11 is 0. The Morgan fingerprint density at radius 1 is 1.23 bits per heavy atom. The first kappa shape index (κ1) is 17.7. The molecule has 0 bridgehead atoms. The van der Waals surface area contributed by atoms with Crippen molar-refractivity contribution in [1.82, 2.24) is 0 Å². The molecule has 1 aromatic carbocycles. The summed E-state index contributed by atoms with van der Waals surface area (Å²) in [5.74, 6) is -0.547. The van der Waals surface area contributed by atoms with Crippen molar-refractivity contribution in [1.29, 1.82) is 0 Å². The van der Waals surface area contributed by atoms with Gasteiger partial charge in [0, 0.05) is 5.56 Å². The van der Waals surface area contributed by atoms with Gasteiger partial charge in [-0.15, -0.1) is 0 Å². The second-order valence-corrected chi connectivity index (χ2v) is 5.73. The number of amides is 1. The van der Waals surface area contributed by atoms with E-state index >= 15 is 0 Å². The highest BCUT2D eigenvalue weighted by molar-refractivity contribution is 6.09. The predicted octanol–water partition coefficient (Wildman–Crippen LogP) is 2.58. The van der Waals surface area contributed by atoms with Crippen molar-refractivity contribution in [2.45, 2.75) is 26.4 Å². The van der Waals surface area contributed by atoms with E-state index in [9.17, 15) is 14.4 Å². The standard InChI is InChI=1S/C19H19NO6/c1-3-14-19(23)20(11-17(21)24-4-2)13-10-12(7-8-15(13)26-14)18(22)16-6-5-9-25-16/h5-10,14H,3-4,11H2,1-2H3/t14-/m0/s1. The smallest absolute Gasteiger partial charge is 0.326 e. The minimum atomic E-state index is -0.677. The number of nitrogens with zero attached hydrogens (tertiary/aromatic N) is 1. The fourth-order valence-electron chi connectivity index (χ4n) is 2.77. The zero-order chi connectivity index (χ0) is 18.7. The molecule has 7 nitrogen and oxygen atoms in total. The van der Waals surface area contributed by atoms with Crippen molar-refractivity contribution in [3.8, 4) is 5.75 Å². The van der Waals surface area contributed by atoms with Gasteiger partial charge in [-0.25, -0.2) is 0 Å². The lowest BCUT2D eigenvalue weighted by atomic mass is 10.0. The summed E-state index contributed by atoms with van der Waals surface area (Å²) < 4.78 is 15.8. The average Bonchev–Trinajstić information content (AvgIpc) is 3.17. The second kappa shape index (κ2) is 7.43. The highest BCUT2D eigenvalue weighted by Gasteiger charge is 2.35. The number of rotatable bonds is 6. The van der Waals surface area contributed by atoms with Crippen LogP contribution in [-0.4, -0.2) is 36.9 Å². The SMILES string of the molecule is CCOC(=O)CN1C(=O)[C@H](CC)Oc2ccc(C(=O)c3ccco3)cc21. The summed E-state index contributed by atoms with van der Waals surface area (Å²) in [5.41, 5.74) is 0.698. The summed E-state index contributed by atoms with van der Waals surface area (Å²) in [4.78, 5) is 38.4. The fourth-order valence-corrected chi connectivity index (χ4v) is 2.77. The molecule has 1 aliphatic rings. The van der Waals surface area contributed by atoms with Crippen LogP contribution in [0.5, 0.6) is 5.75 Å². The van der Waals surface area contributed by atoms with Gasteiger partial charge in [0.25, 0.3) is 5.91 Å². The van der Waals surface area contributed by atoms with Crippen molar-refractivity contribution >= 4 is 23.3 Å². The molecular formula is C19H19NO6. The predicted molar refractivity (Wildman–Crippen MR) is 92.3 cm³/mol. The molecule has 0 spiro atoms. The summed E-state index contributed by atoms with van der Waals surface area (Å²) in [5, 5.41) is 0. The number of benzene rings is 1. The van der Waals surface area contributed by atoms with Crippen LogP contribution in [-0.2, 0) is 14.3 Å². The maximum absolute atomic E-state index is 12.7. The van der Waals surface area contributed by atoms with Crippen molar-refractivity contribution in [3.63, 3.8) is 0 Å². The Kier molecular flexibility index (Phi) is 5.06. The van der Waals surface area contributed by atoms with E-state index in [1.807, 2.05) is 6.92 Å². The van der Waals surface area contributed by atoms with Gasteiger partial charge in [-0.2, -0.15) is 0 Å². The van der Waals surface area contributed by atoms with E-state index in [1.54, 1.807) is 31.2 Å². The summed E-state index contributed by atoms with van der Waals surface area (Å²) in [6.45, 7) is 3.50. The Labute approximate surface area is 150 Å². The summed E-state index contributed by atoms with van der Waals surface area (Å²) in [7, 11) is 0. The molecule has 0 N–H and O–H groups in total. The van der Waals surface area contributed by atoms with Gasteiger partial charge in [0.1, 0.15) is 12.3 Å². The quantitative estimate of drug-likeness (QED) is 0.583. The largest absolute Gasteiger partial charge is 0.478 e. The van der Waals surface area contributed by atoms with Gasteiger partial charge >= 0.3 is 5.97 Å². The third-order valence-electron chi connectivity index (χ3n) is 4.03. The topological polar surface area (TPSA) is 86.0 Å². The van der Waals surface area contributed by atoms with Crippen LogP contribution in [0.15, 0.2) is 41.0 Å². The normalized spacial score (nSPS) is 16.0. The van der Waals surface area contributed by atoms with Gasteiger partial charge < -0.3 is 13.9 Å². The molecule has 0 saturated heterocycles. The molecular weight excluding hydrogens is 338 g/mol. The molecule has 0 saturated carbocycles. The van der Waals surface area contributed by atoms with Crippen LogP contribution in [0.4, 0.5) is 5.69 Å². The molecule has 2 heterocycles. The van der Waals surface area contributed by atoms with Gasteiger partial charge in [0.2, 0.25) is 5.78 Å². The van der Waals surface area contributed by atoms with E-state index in [2.05, 4.69) is 0 Å². The number of esters is 1. The molecule has 7 heteroatoms. The zero-order valence-electron chi connectivity index (χ0n) is 14.6. The van der Waals surface area contributed by atoms with Gasteiger partial charge in [-0.1, -0.05) is 6.92 Å². The second-order valence-electron chi connectivity index (χ2n) is 5.73. The van der Waals surface area contributed by atoms with Crippen molar-refractivity contribution < 1.29 is 28.3 Å². The van der Waals surface area contributed by atoms with Gasteiger partial charge in [-0.05, 0) is 43.7 Å². The van der Waals surface area contributed by atoms with Crippen molar-refractivity contribution in [3.05, 3.63) is 47.9 Å². The van der Waals surface area contributed by atoms with Gasteiger partial charge in [0.05, 0.1) is 18.6 Å². The van der Waals surface area contributed by atoms with E-state index in [0.29, 0.717) is 23.4 Å². The minimum Gasteiger partial charge on any atom is -0.478 e. The lowest BCUT2D eigenvalue weighted by molar-refractivity contribution is -0.143. The molecule has 0 unspecified atom stereocenters. The number of fused-ring (bicyclic) bond motifs is 1. The van der Waals surface area contributed by atoms with Crippen LogP contribution in [0, 0.1) is 0 Å². The third kappa shape index (κ3) is 3.33.